The second-order valence-electron chi connectivity index (χ2n) is 10.2. The van der Waals surface area contributed by atoms with E-state index >= 15 is 0 Å². The summed E-state index contributed by atoms with van der Waals surface area (Å²) in [6.45, 7) is 2.98. The van der Waals surface area contributed by atoms with Crippen LogP contribution in [-0.2, 0) is 31.4 Å². The maximum absolute atomic E-state index is 13.5. The monoisotopic (exact) mass is 567 g/mol. The number of amides is 3. The fourth-order valence-corrected chi connectivity index (χ4v) is 5.93. The van der Waals surface area contributed by atoms with E-state index in [1.54, 1.807) is 0 Å². The molecule has 40 heavy (non-hydrogen) atoms. The summed E-state index contributed by atoms with van der Waals surface area (Å²) in [4.78, 5) is 40.1. The van der Waals surface area contributed by atoms with Crippen LogP contribution >= 0.6 is 0 Å². The highest BCUT2D eigenvalue weighted by atomic mass is 19.4. The summed E-state index contributed by atoms with van der Waals surface area (Å²) in [5, 5.41) is 11.4. The average Bonchev–Trinajstić information content (AvgIpc) is 3.37. The molecule has 8 nitrogen and oxygen atoms in total. The SMILES string of the molecule is CC12C[C@H](OC(=O)Nc3ccc(C(F)(F)F)cc3)C(C)(O1)[C@H]1C(=O)N(c3ccc(C#N)c(C(F)(F)F)c3)C(=O)[C@H]12. The zero-order valence-electron chi connectivity index (χ0n) is 20.7. The van der Waals surface area contributed by atoms with Gasteiger partial charge in [0.1, 0.15) is 11.7 Å². The van der Waals surface area contributed by atoms with Gasteiger partial charge in [-0.1, -0.05) is 0 Å². The van der Waals surface area contributed by atoms with Crippen LogP contribution in [0.2, 0.25) is 0 Å². The number of rotatable bonds is 3. The molecule has 3 saturated heterocycles. The molecular formula is C26H19F6N3O5. The van der Waals surface area contributed by atoms with Gasteiger partial charge in [-0.25, -0.2) is 9.69 Å². The topological polar surface area (TPSA) is 109 Å². The highest BCUT2D eigenvalue weighted by Gasteiger charge is 2.77. The number of carbonyl (C=O) groups is 3. The summed E-state index contributed by atoms with van der Waals surface area (Å²) in [5.74, 6) is -3.91. The van der Waals surface area contributed by atoms with Gasteiger partial charge in [-0.3, -0.25) is 14.9 Å². The van der Waals surface area contributed by atoms with Crippen LogP contribution < -0.4 is 10.2 Å². The normalized spacial score (nSPS) is 29.4. The van der Waals surface area contributed by atoms with Crippen molar-refractivity contribution in [3.05, 3.63) is 59.2 Å². The molecule has 5 atom stereocenters. The summed E-state index contributed by atoms with van der Waals surface area (Å²) in [5.41, 5.74) is -6.08. The van der Waals surface area contributed by atoms with E-state index in [9.17, 15) is 40.7 Å². The Kier molecular flexibility index (Phi) is 5.96. The summed E-state index contributed by atoms with van der Waals surface area (Å²) < 4.78 is 90.4. The van der Waals surface area contributed by atoms with Crippen molar-refractivity contribution < 1.29 is 50.2 Å². The number of ether oxygens (including phenoxy) is 2. The van der Waals surface area contributed by atoms with Crippen molar-refractivity contribution in [2.75, 3.05) is 10.2 Å². The third-order valence-electron chi connectivity index (χ3n) is 7.66. The number of carbonyl (C=O) groups excluding carboxylic acids is 3. The zero-order valence-corrected chi connectivity index (χ0v) is 20.7. The van der Waals surface area contributed by atoms with Crippen LogP contribution in [0.3, 0.4) is 0 Å². The molecule has 0 saturated carbocycles. The molecule has 2 aromatic carbocycles. The standard InChI is InChI=1S/C26H19F6N3O5/c1-23-10-17(39-22(38)34-14-6-4-13(5-7-14)25(27,28)29)24(2,40-23)19-18(23)20(36)35(21(19)37)15-8-3-12(11-33)16(9-15)26(30,31)32/h3-9,17-19H,10H2,1-2H3,(H,34,38)/t17-,18-,19+,23?,24?/m0/s1. The van der Waals surface area contributed by atoms with Crippen LogP contribution in [0.5, 0.6) is 0 Å². The smallest absolute Gasteiger partial charge is 0.417 e. The number of nitriles is 1. The van der Waals surface area contributed by atoms with Crippen LogP contribution in [-0.4, -0.2) is 35.2 Å². The van der Waals surface area contributed by atoms with Crippen molar-refractivity contribution in [3.8, 4) is 6.07 Å². The Balaban J connectivity index is 1.38. The number of hydrogen-bond donors (Lipinski definition) is 1. The summed E-state index contributed by atoms with van der Waals surface area (Å²) in [6.07, 6.45) is -11.6. The molecule has 3 aliphatic rings. The first-order valence-electron chi connectivity index (χ1n) is 11.8. The van der Waals surface area contributed by atoms with Crippen molar-refractivity contribution in [2.24, 2.45) is 11.8 Å². The van der Waals surface area contributed by atoms with Crippen LogP contribution in [0.1, 0.15) is 37.0 Å². The van der Waals surface area contributed by atoms with Gasteiger partial charge in [-0.2, -0.15) is 31.6 Å². The molecule has 3 heterocycles. The highest BCUT2D eigenvalue weighted by Crippen LogP contribution is 2.62. The lowest BCUT2D eigenvalue weighted by Gasteiger charge is -2.34. The number of alkyl halides is 6. The minimum atomic E-state index is -4.91. The molecule has 2 bridgehead atoms. The highest BCUT2D eigenvalue weighted by molar-refractivity contribution is 6.23. The van der Waals surface area contributed by atoms with Gasteiger partial charge in [0, 0.05) is 12.1 Å². The number of nitrogens with one attached hydrogen (secondary N) is 1. The first-order valence-corrected chi connectivity index (χ1v) is 11.8. The number of halogens is 6. The van der Waals surface area contributed by atoms with Gasteiger partial charge in [0.05, 0.1) is 45.9 Å². The molecule has 2 unspecified atom stereocenters. The quantitative estimate of drug-likeness (QED) is 0.400. The Hall–Kier alpha value is -4.12. The molecule has 3 aliphatic heterocycles. The number of benzene rings is 2. The van der Waals surface area contributed by atoms with Crippen LogP contribution in [0, 0.1) is 23.2 Å². The van der Waals surface area contributed by atoms with Crippen LogP contribution in [0.25, 0.3) is 0 Å². The third kappa shape index (κ3) is 4.16. The lowest BCUT2D eigenvalue weighted by molar-refractivity contribution is -0.138. The first-order chi connectivity index (χ1) is 18.5. The summed E-state index contributed by atoms with van der Waals surface area (Å²) in [6, 6.07) is 7.55. The molecule has 2 aromatic rings. The number of imide groups is 1. The second-order valence-corrected chi connectivity index (χ2v) is 10.2. The lowest BCUT2D eigenvalue weighted by atomic mass is 9.67. The van der Waals surface area contributed by atoms with Crippen LogP contribution in [0.4, 0.5) is 42.5 Å². The Morgan fingerprint density at radius 3 is 2.23 bits per heavy atom. The number of hydrogen-bond acceptors (Lipinski definition) is 6. The number of anilines is 2. The van der Waals surface area contributed by atoms with E-state index in [4.69, 9.17) is 14.7 Å². The molecule has 0 aliphatic carbocycles. The minimum Gasteiger partial charge on any atom is -0.443 e. The molecule has 0 spiro atoms. The van der Waals surface area contributed by atoms with Crippen LogP contribution in [0.15, 0.2) is 42.5 Å². The predicted molar refractivity (Wildman–Crippen MR) is 123 cm³/mol. The van der Waals surface area contributed by atoms with Gasteiger partial charge < -0.3 is 9.47 Å². The molecule has 5 rings (SSSR count). The second kappa shape index (κ2) is 8.69. The van der Waals surface area contributed by atoms with Gasteiger partial charge in [0.2, 0.25) is 11.8 Å². The minimum absolute atomic E-state index is 0.0101. The van der Waals surface area contributed by atoms with Crippen molar-refractivity contribution in [2.45, 2.75) is 49.9 Å². The van der Waals surface area contributed by atoms with Crippen molar-refractivity contribution in [1.29, 1.82) is 5.26 Å². The summed E-state index contributed by atoms with van der Waals surface area (Å²) in [7, 11) is 0. The van der Waals surface area contributed by atoms with E-state index in [1.807, 2.05) is 0 Å². The Bertz CT molecular complexity index is 1470. The zero-order chi connectivity index (χ0) is 29.4. The Morgan fingerprint density at radius 2 is 1.65 bits per heavy atom. The fraction of sp³-hybridized carbons (Fsp3) is 0.385. The fourth-order valence-electron chi connectivity index (χ4n) is 5.93. The van der Waals surface area contributed by atoms with Gasteiger partial charge in [0.15, 0.2) is 0 Å². The van der Waals surface area contributed by atoms with Crippen molar-refractivity contribution in [1.82, 2.24) is 0 Å². The van der Waals surface area contributed by atoms with E-state index in [1.165, 1.54) is 19.9 Å². The molecule has 3 fully saturated rings. The largest absolute Gasteiger partial charge is 0.443 e. The third-order valence-corrected chi connectivity index (χ3v) is 7.66. The molecule has 210 valence electrons. The van der Waals surface area contributed by atoms with Gasteiger partial charge >= 0.3 is 18.4 Å². The van der Waals surface area contributed by atoms with Gasteiger partial charge in [0.25, 0.3) is 0 Å². The Morgan fingerprint density at radius 1 is 1.02 bits per heavy atom. The van der Waals surface area contributed by atoms with Gasteiger partial charge in [-0.05, 0) is 56.3 Å². The molecule has 14 heteroatoms. The van der Waals surface area contributed by atoms with Crippen molar-refractivity contribution in [3.63, 3.8) is 0 Å². The van der Waals surface area contributed by atoms with E-state index < -0.39 is 76.1 Å². The Labute approximate surface area is 222 Å². The van der Waals surface area contributed by atoms with E-state index in [0.29, 0.717) is 11.0 Å². The maximum atomic E-state index is 13.5. The van der Waals surface area contributed by atoms with Gasteiger partial charge in [-0.15, -0.1) is 0 Å². The molecule has 0 aromatic heterocycles. The predicted octanol–water partition coefficient (Wildman–Crippen LogP) is 5.27. The molecule has 0 radical (unpaired) electrons. The van der Waals surface area contributed by atoms with E-state index in [0.717, 1.165) is 36.4 Å². The average molecular weight is 567 g/mol. The maximum Gasteiger partial charge on any atom is 0.417 e. The lowest BCUT2D eigenvalue weighted by Crippen LogP contribution is -2.51. The summed E-state index contributed by atoms with van der Waals surface area (Å²) >= 11 is 0. The number of nitrogens with zero attached hydrogens (tertiary/aromatic N) is 2. The first kappa shape index (κ1) is 27.4. The molecule has 3 amide bonds. The molecule has 1 N–H and O–H groups in total. The van der Waals surface area contributed by atoms with E-state index in [2.05, 4.69) is 5.32 Å². The molecular weight excluding hydrogens is 548 g/mol. The van der Waals surface area contributed by atoms with E-state index in [-0.39, 0.29) is 17.8 Å². The van der Waals surface area contributed by atoms with Crippen molar-refractivity contribution >= 4 is 29.3 Å². The number of fused-ring (bicyclic) bond motifs is 5.